The number of nitrogens with zero attached hydrogens (tertiary/aromatic N) is 2. The molecule has 2 aliphatic heterocycles. The lowest BCUT2D eigenvalue weighted by molar-refractivity contribution is -0.139. The molecule has 0 saturated carbocycles. The summed E-state index contributed by atoms with van der Waals surface area (Å²) in [4.78, 5) is 28.0. The van der Waals surface area contributed by atoms with Gasteiger partial charge in [-0.25, -0.2) is 0 Å². The van der Waals surface area contributed by atoms with Gasteiger partial charge in [0.05, 0.1) is 0 Å². The van der Waals surface area contributed by atoms with Crippen molar-refractivity contribution in [3.63, 3.8) is 0 Å². The van der Waals surface area contributed by atoms with Crippen LogP contribution in [0.15, 0.2) is 0 Å². The fourth-order valence-corrected chi connectivity index (χ4v) is 3.04. The zero-order chi connectivity index (χ0) is 13.1. The van der Waals surface area contributed by atoms with Crippen LogP contribution in [0, 0.1) is 0 Å². The van der Waals surface area contributed by atoms with Crippen LogP contribution in [0.25, 0.3) is 0 Å². The first-order valence-electron chi connectivity index (χ1n) is 6.74. The van der Waals surface area contributed by atoms with Crippen LogP contribution in [0.1, 0.15) is 32.6 Å². The molecule has 0 radical (unpaired) electrons. The molecule has 102 valence electrons. The molecule has 0 aromatic heterocycles. The molecule has 0 aromatic carbocycles. The van der Waals surface area contributed by atoms with Crippen molar-refractivity contribution in [2.75, 3.05) is 25.9 Å². The van der Waals surface area contributed by atoms with Gasteiger partial charge in [-0.2, -0.15) is 11.8 Å². The molecule has 2 heterocycles. The van der Waals surface area contributed by atoms with Gasteiger partial charge >= 0.3 is 0 Å². The van der Waals surface area contributed by atoms with Gasteiger partial charge in [0.25, 0.3) is 0 Å². The number of thioether (sulfide) groups is 1. The highest BCUT2D eigenvalue weighted by Crippen LogP contribution is 2.24. The Labute approximate surface area is 113 Å². The Hall–Kier alpha value is -0.710. The van der Waals surface area contributed by atoms with Crippen molar-refractivity contribution in [1.82, 2.24) is 9.80 Å². The predicted molar refractivity (Wildman–Crippen MR) is 73.5 cm³/mol. The molecule has 2 aliphatic rings. The molecule has 0 aliphatic carbocycles. The Bertz CT molecular complexity index is 335. The average Bonchev–Trinajstić information content (AvgIpc) is 2.82. The van der Waals surface area contributed by atoms with Crippen LogP contribution >= 0.6 is 11.8 Å². The maximum atomic E-state index is 12.4. The van der Waals surface area contributed by atoms with E-state index in [1.54, 1.807) is 4.90 Å². The number of rotatable bonds is 4. The molecule has 5 heteroatoms. The van der Waals surface area contributed by atoms with Gasteiger partial charge in [0.1, 0.15) is 6.04 Å². The molecule has 0 bridgehead atoms. The minimum atomic E-state index is -0.162. The van der Waals surface area contributed by atoms with Crippen molar-refractivity contribution in [3.05, 3.63) is 0 Å². The smallest absolute Gasteiger partial charge is 0.245 e. The zero-order valence-corrected chi connectivity index (χ0v) is 12.0. The quantitative estimate of drug-likeness (QED) is 0.774. The lowest BCUT2D eigenvalue weighted by Crippen LogP contribution is -2.44. The predicted octanol–water partition coefficient (Wildman–Crippen LogP) is 1.35. The van der Waals surface area contributed by atoms with Crippen LogP contribution in [-0.2, 0) is 9.59 Å². The van der Waals surface area contributed by atoms with E-state index in [-0.39, 0.29) is 17.9 Å². The Kier molecular flexibility index (Phi) is 4.54. The molecular formula is C13H22N2O2S. The molecule has 2 amide bonds. The van der Waals surface area contributed by atoms with Crippen LogP contribution in [0.4, 0.5) is 0 Å². The van der Waals surface area contributed by atoms with Crippen molar-refractivity contribution in [3.8, 4) is 0 Å². The van der Waals surface area contributed by atoms with Gasteiger partial charge in [0, 0.05) is 31.3 Å². The summed E-state index contributed by atoms with van der Waals surface area (Å²) in [5.74, 6) is 0.331. The number of hydrogen-bond donors (Lipinski definition) is 0. The van der Waals surface area contributed by atoms with Gasteiger partial charge in [0.2, 0.25) is 11.8 Å². The topological polar surface area (TPSA) is 40.6 Å². The third-order valence-electron chi connectivity index (χ3n) is 3.97. The zero-order valence-electron chi connectivity index (χ0n) is 11.2. The lowest BCUT2D eigenvalue weighted by Gasteiger charge is -2.25. The number of fused-ring (bicyclic) bond motifs is 1. The van der Waals surface area contributed by atoms with Gasteiger partial charge in [-0.1, -0.05) is 6.92 Å². The van der Waals surface area contributed by atoms with Gasteiger partial charge in [-0.05, 0) is 25.5 Å². The van der Waals surface area contributed by atoms with Crippen molar-refractivity contribution in [1.29, 1.82) is 0 Å². The fraction of sp³-hybridized carbons (Fsp3) is 0.846. The molecule has 2 saturated heterocycles. The number of carbonyl (C=O) groups excluding carboxylic acids is 2. The molecular weight excluding hydrogens is 248 g/mol. The highest BCUT2D eigenvalue weighted by molar-refractivity contribution is 7.99. The van der Waals surface area contributed by atoms with Crippen LogP contribution in [-0.4, -0.2) is 58.8 Å². The van der Waals surface area contributed by atoms with Gasteiger partial charge in [0.15, 0.2) is 0 Å². The van der Waals surface area contributed by atoms with E-state index >= 15 is 0 Å². The Morgan fingerprint density at radius 2 is 2.17 bits per heavy atom. The van der Waals surface area contributed by atoms with Crippen LogP contribution in [0.2, 0.25) is 0 Å². The molecule has 2 unspecified atom stereocenters. The maximum Gasteiger partial charge on any atom is 0.245 e. The molecule has 4 nitrogen and oxygen atoms in total. The highest BCUT2D eigenvalue weighted by Gasteiger charge is 2.38. The van der Waals surface area contributed by atoms with Crippen LogP contribution in [0.3, 0.4) is 0 Å². The van der Waals surface area contributed by atoms with Crippen molar-refractivity contribution in [2.45, 2.75) is 43.9 Å². The lowest BCUT2D eigenvalue weighted by atomic mass is 10.2. The summed E-state index contributed by atoms with van der Waals surface area (Å²) in [5.41, 5.74) is 0. The summed E-state index contributed by atoms with van der Waals surface area (Å²) < 4.78 is 0. The molecule has 0 aromatic rings. The Morgan fingerprint density at radius 3 is 2.89 bits per heavy atom. The fourth-order valence-electron chi connectivity index (χ4n) is 2.69. The molecule has 0 N–H and O–H groups in total. The van der Waals surface area contributed by atoms with E-state index in [1.807, 2.05) is 16.7 Å². The molecule has 2 fully saturated rings. The minimum Gasteiger partial charge on any atom is -0.340 e. The number of amides is 2. The maximum absolute atomic E-state index is 12.4. The normalized spacial score (nSPS) is 26.2. The van der Waals surface area contributed by atoms with E-state index in [0.29, 0.717) is 18.2 Å². The second kappa shape index (κ2) is 5.95. The Morgan fingerprint density at radius 1 is 1.39 bits per heavy atom. The number of carbonyl (C=O) groups is 2. The average molecular weight is 270 g/mol. The van der Waals surface area contributed by atoms with E-state index < -0.39 is 0 Å². The summed E-state index contributed by atoms with van der Waals surface area (Å²) in [6, 6.07) is -0.162. The highest BCUT2D eigenvalue weighted by atomic mass is 32.2. The third-order valence-corrected chi connectivity index (χ3v) is 5.01. The minimum absolute atomic E-state index is 0.159. The van der Waals surface area contributed by atoms with Gasteiger partial charge < -0.3 is 9.80 Å². The first-order valence-corrected chi connectivity index (χ1v) is 8.03. The SMILES string of the molecule is CSC(C)CCN1CCC(=O)N2CCCC2C1=O. The summed E-state index contributed by atoms with van der Waals surface area (Å²) in [6.07, 6.45) is 5.41. The van der Waals surface area contributed by atoms with Gasteiger partial charge in [-0.15, -0.1) is 0 Å². The van der Waals surface area contributed by atoms with Crippen molar-refractivity contribution in [2.24, 2.45) is 0 Å². The van der Waals surface area contributed by atoms with Crippen LogP contribution in [0.5, 0.6) is 0 Å². The summed E-state index contributed by atoms with van der Waals surface area (Å²) in [7, 11) is 0. The molecule has 18 heavy (non-hydrogen) atoms. The number of hydrogen-bond acceptors (Lipinski definition) is 3. The van der Waals surface area contributed by atoms with Crippen molar-refractivity contribution < 1.29 is 9.59 Å². The third kappa shape index (κ3) is 2.82. The largest absolute Gasteiger partial charge is 0.340 e. The summed E-state index contributed by atoms with van der Waals surface area (Å²) in [5, 5.41) is 0.566. The Balaban J connectivity index is 1.99. The van der Waals surface area contributed by atoms with E-state index in [2.05, 4.69) is 13.2 Å². The van der Waals surface area contributed by atoms with Gasteiger partial charge in [-0.3, -0.25) is 9.59 Å². The first kappa shape index (κ1) is 13.7. The summed E-state index contributed by atoms with van der Waals surface area (Å²) >= 11 is 1.82. The van der Waals surface area contributed by atoms with E-state index in [9.17, 15) is 9.59 Å². The van der Waals surface area contributed by atoms with E-state index in [1.165, 1.54) is 0 Å². The van der Waals surface area contributed by atoms with E-state index in [0.717, 1.165) is 32.4 Å². The molecule has 0 spiro atoms. The standard InChI is InChI=1S/C13H22N2O2S/c1-10(18-2)5-8-14-9-6-12(16)15-7-3-4-11(15)13(14)17/h10-11H,3-9H2,1-2H3. The second-order valence-corrected chi connectivity index (χ2v) is 6.43. The first-order chi connectivity index (χ1) is 8.63. The molecule has 2 rings (SSSR count). The van der Waals surface area contributed by atoms with E-state index in [4.69, 9.17) is 0 Å². The second-order valence-electron chi connectivity index (χ2n) is 5.16. The summed E-state index contributed by atoms with van der Waals surface area (Å²) in [6.45, 7) is 4.34. The van der Waals surface area contributed by atoms with Crippen LogP contribution < -0.4 is 0 Å². The van der Waals surface area contributed by atoms with Crippen molar-refractivity contribution >= 4 is 23.6 Å². The molecule has 2 atom stereocenters. The monoisotopic (exact) mass is 270 g/mol.